The first-order valence-corrected chi connectivity index (χ1v) is 10.1. The van der Waals surface area contributed by atoms with Crippen LogP contribution in [0.15, 0.2) is 54.1 Å². The van der Waals surface area contributed by atoms with Crippen molar-refractivity contribution in [3.8, 4) is 6.07 Å². The molecule has 0 unspecified atom stereocenters. The molecule has 0 spiro atoms. The number of para-hydroxylation sites is 1. The fraction of sp³-hybridized carbons (Fsp3) is 0.320. The summed E-state index contributed by atoms with van der Waals surface area (Å²) < 4.78 is 5.05. The van der Waals surface area contributed by atoms with Gasteiger partial charge in [0.25, 0.3) is 5.91 Å². The molecule has 1 amide bonds. The van der Waals surface area contributed by atoms with Gasteiger partial charge in [0.05, 0.1) is 0 Å². The quantitative estimate of drug-likeness (QED) is 0.362. The number of amides is 1. The highest BCUT2D eigenvalue weighted by Gasteiger charge is 2.15. The maximum absolute atomic E-state index is 12.3. The zero-order chi connectivity index (χ0) is 22.1. The van der Waals surface area contributed by atoms with E-state index in [-0.39, 0.29) is 5.57 Å². The molecule has 0 aliphatic rings. The van der Waals surface area contributed by atoms with Crippen molar-refractivity contribution in [2.45, 2.75) is 46.0 Å². The molecule has 0 heterocycles. The van der Waals surface area contributed by atoms with Crippen molar-refractivity contribution in [3.05, 3.63) is 70.8 Å². The summed E-state index contributed by atoms with van der Waals surface area (Å²) in [6.07, 6.45) is 2.40. The second kappa shape index (κ2) is 11.0. The summed E-state index contributed by atoms with van der Waals surface area (Å²) in [5.74, 6) is -0.583. The molecule has 5 nitrogen and oxygen atoms in total. The van der Waals surface area contributed by atoms with Crippen LogP contribution in [0.1, 0.15) is 62.6 Å². The summed E-state index contributed by atoms with van der Waals surface area (Å²) in [5, 5.41) is 12.1. The second-order valence-corrected chi connectivity index (χ2v) is 7.51. The fourth-order valence-electron chi connectivity index (χ4n) is 2.94. The van der Waals surface area contributed by atoms with Gasteiger partial charge in [-0.1, -0.05) is 70.2 Å². The molecule has 0 aliphatic heterocycles. The van der Waals surface area contributed by atoms with Gasteiger partial charge in [0.1, 0.15) is 11.6 Å². The maximum Gasteiger partial charge on any atom is 0.349 e. The normalized spacial score (nSPS) is 12.2. The highest BCUT2D eigenvalue weighted by atomic mass is 16.5. The molecule has 5 heteroatoms. The molecular weight excluding hydrogens is 376 g/mol. The van der Waals surface area contributed by atoms with Crippen LogP contribution in [-0.2, 0) is 14.3 Å². The van der Waals surface area contributed by atoms with E-state index < -0.39 is 18.5 Å². The number of nitriles is 1. The minimum atomic E-state index is -0.823. The lowest BCUT2D eigenvalue weighted by Gasteiger charge is -2.15. The van der Waals surface area contributed by atoms with Gasteiger partial charge in [0.15, 0.2) is 6.61 Å². The minimum absolute atomic E-state index is 0.153. The van der Waals surface area contributed by atoms with E-state index in [9.17, 15) is 14.9 Å². The van der Waals surface area contributed by atoms with E-state index in [4.69, 9.17) is 4.74 Å². The number of hydrogen-bond donors (Lipinski definition) is 1. The van der Waals surface area contributed by atoms with E-state index in [0.29, 0.717) is 17.5 Å². The Morgan fingerprint density at radius 3 is 2.37 bits per heavy atom. The molecule has 0 aliphatic carbocycles. The van der Waals surface area contributed by atoms with Crippen LogP contribution in [0.5, 0.6) is 0 Å². The maximum atomic E-state index is 12.3. The third kappa shape index (κ3) is 6.31. The summed E-state index contributed by atoms with van der Waals surface area (Å²) >= 11 is 0. The van der Waals surface area contributed by atoms with E-state index in [1.807, 2.05) is 54.6 Å². The average Bonchev–Trinajstić information content (AvgIpc) is 2.76. The SMILES string of the molecule is CC[C@@H](C)c1ccccc1NC(=O)COC(=O)/C(C#N)=C/c1ccc(C(C)C)cc1. The topological polar surface area (TPSA) is 79.2 Å². The first-order chi connectivity index (χ1) is 14.3. The molecule has 156 valence electrons. The van der Waals surface area contributed by atoms with Gasteiger partial charge in [-0.15, -0.1) is 0 Å². The Bertz CT molecular complexity index is 953. The van der Waals surface area contributed by atoms with Gasteiger partial charge in [-0.3, -0.25) is 4.79 Å². The van der Waals surface area contributed by atoms with Gasteiger partial charge in [0, 0.05) is 5.69 Å². The fourth-order valence-corrected chi connectivity index (χ4v) is 2.94. The summed E-state index contributed by atoms with van der Waals surface area (Å²) in [7, 11) is 0. The summed E-state index contributed by atoms with van der Waals surface area (Å²) in [4.78, 5) is 24.5. The van der Waals surface area contributed by atoms with Crippen molar-refractivity contribution in [1.29, 1.82) is 5.26 Å². The molecule has 2 aromatic carbocycles. The number of hydrogen-bond acceptors (Lipinski definition) is 4. The Balaban J connectivity index is 2.00. The monoisotopic (exact) mass is 404 g/mol. The summed E-state index contributed by atoms with van der Waals surface area (Å²) in [6.45, 7) is 7.89. The lowest BCUT2D eigenvalue weighted by Crippen LogP contribution is -2.22. The van der Waals surface area contributed by atoms with Gasteiger partial charge in [0.2, 0.25) is 0 Å². The number of rotatable bonds is 8. The van der Waals surface area contributed by atoms with E-state index in [1.165, 1.54) is 11.6 Å². The lowest BCUT2D eigenvalue weighted by atomic mass is 9.97. The molecule has 0 bridgehead atoms. The number of anilines is 1. The molecule has 30 heavy (non-hydrogen) atoms. The van der Waals surface area contributed by atoms with Gasteiger partial charge in [-0.2, -0.15) is 5.26 Å². The first-order valence-electron chi connectivity index (χ1n) is 10.1. The average molecular weight is 405 g/mol. The van der Waals surface area contributed by atoms with Crippen LogP contribution in [-0.4, -0.2) is 18.5 Å². The van der Waals surface area contributed by atoms with Crippen LogP contribution in [0.4, 0.5) is 5.69 Å². The molecule has 0 aromatic heterocycles. The Labute approximate surface area is 178 Å². The summed E-state index contributed by atoms with van der Waals surface area (Å²) in [6, 6.07) is 17.0. The largest absolute Gasteiger partial charge is 0.451 e. The third-order valence-corrected chi connectivity index (χ3v) is 4.97. The number of ether oxygens (including phenoxy) is 1. The molecule has 0 saturated heterocycles. The highest BCUT2D eigenvalue weighted by Crippen LogP contribution is 2.26. The van der Waals surface area contributed by atoms with Crippen LogP contribution in [0, 0.1) is 11.3 Å². The van der Waals surface area contributed by atoms with E-state index in [1.54, 1.807) is 0 Å². The number of carbonyl (C=O) groups is 2. The van der Waals surface area contributed by atoms with E-state index in [0.717, 1.165) is 17.5 Å². The Hall–Kier alpha value is -3.39. The van der Waals surface area contributed by atoms with E-state index in [2.05, 4.69) is 33.0 Å². The third-order valence-electron chi connectivity index (χ3n) is 4.97. The van der Waals surface area contributed by atoms with Crippen LogP contribution in [0.2, 0.25) is 0 Å². The van der Waals surface area contributed by atoms with Crippen LogP contribution >= 0.6 is 0 Å². The van der Waals surface area contributed by atoms with Crippen molar-refractivity contribution in [1.82, 2.24) is 0 Å². The molecule has 1 atom stereocenters. The molecule has 0 saturated carbocycles. The molecule has 0 fully saturated rings. The second-order valence-electron chi connectivity index (χ2n) is 7.51. The van der Waals surface area contributed by atoms with Gasteiger partial charge >= 0.3 is 5.97 Å². The Kier molecular flexibility index (Phi) is 8.37. The van der Waals surface area contributed by atoms with Crippen LogP contribution in [0.25, 0.3) is 6.08 Å². The molecule has 2 aromatic rings. The van der Waals surface area contributed by atoms with Gasteiger partial charge in [-0.25, -0.2) is 4.79 Å². The van der Waals surface area contributed by atoms with Crippen molar-refractivity contribution in [2.24, 2.45) is 0 Å². The van der Waals surface area contributed by atoms with Crippen LogP contribution in [0.3, 0.4) is 0 Å². The van der Waals surface area contributed by atoms with Crippen molar-refractivity contribution >= 4 is 23.6 Å². The molecule has 1 N–H and O–H groups in total. The van der Waals surface area contributed by atoms with Crippen LogP contribution < -0.4 is 5.32 Å². The predicted octanol–water partition coefficient (Wildman–Crippen LogP) is 5.41. The number of nitrogens with one attached hydrogen (secondary N) is 1. The van der Waals surface area contributed by atoms with Crippen molar-refractivity contribution < 1.29 is 14.3 Å². The predicted molar refractivity (Wildman–Crippen MR) is 119 cm³/mol. The zero-order valence-corrected chi connectivity index (χ0v) is 17.9. The summed E-state index contributed by atoms with van der Waals surface area (Å²) in [5.41, 5.74) is 3.47. The van der Waals surface area contributed by atoms with Crippen molar-refractivity contribution in [3.63, 3.8) is 0 Å². The Morgan fingerprint density at radius 2 is 1.77 bits per heavy atom. The van der Waals surface area contributed by atoms with E-state index >= 15 is 0 Å². The van der Waals surface area contributed by atoms with Gasteiger partial charge in [-0.05, 0) is 47.1 Å². The standard InChI is InChI=1S/C25H28N2O3/c1-5-18(4)22-8-6-7-9-23(22)27-24(28)16-30-25(29)21(15-26)14-19-10-12-20(13-11-19)17(2)3/h6-14,17-18H,5,16H2,1-4H3,(H,27,28)/b21-14+/t18-/m1/s1. The molecular formula is C25H28N2O3. The van der Waals surface area contributed by atoms with Crippen molar-refractivity contribution in [2.75, 3.05) is 11.9 Å². The molecule has 0 radical (unpaired) electrons. The lowest BCUT2D eigenvalue weighted by molar-refractivity contribution is -0.142. The highest BCUT2D eigenvalue weighted by molar-refractivity contribution is 6.00. The minimum Gasteiger partial charge on any atom is -0.451 e. The number of esters is 1. The van der Waals surface area contributed by atoms with Gasteiger partial charge < -0.3 is 10.1 Å². The number of benzene rings is 2. The number of nitrogens with zero attached hydrogens (tertiary/aromatic N) is 1. The smallest absolute Gasteiger partial charge is 0.349 e. The Morgan fingerprint density at radius 1 is 1.10 bits per heavy atom. The molecule has 2 rings (SSSR count). The zero-order valence-electron chi connectivity index (χ0n) is 17.9. The number of carbonyl (C=O) groups excluding carboxylic acids is 2. The first kappa shape index (κ1) is 22.9.